The maximum Gasteiger partial charge on any atom is 0.250 e. The lowest BCUT2D eigenvalue weighted by molar-refractivity contribution is 1.31. The van der Waals surface area contributed by atoms with Crippen LogP contribution in [0.15, 0.2) is 52.1 Å². The van der Waals surface area contributed by atoms with Crippen LogP contribution in [0.3, 0.4) is 0 Å². The first-order chi connectivity index (χ1) is 10.5. The maximum atomic E-state index is 11.9. The summed E-state index contributed by atoms with van der Waals surface area (Å²) in [6.45, 7) is 3.98. The van der Waals surface area contributed by atoms with Crippen molar-refractivity contribution < 1.29 is 0 Å². The van der Waals surface area contributed by atoms with E-state index in [-0.39, 0.29) is 0 Å². The lowest BCUT2D eigenvalue weighted by atomic mass is 9.98. The van der Waals surface area contributed by atoms with Crippen LogP contribution in [0.4, 0.5) is 11.4 Å². The molecule has 4 heteroatoms. The summed E-state index contributed by atoms with van der Waals surface area (Å²) >= 11 is 5.86. The third kappa shape index (κ3) is 2.34. The van der Waals surface area contributed by atoms with E-state index in [9.17, 15) is 9.59 Å². The Hall–Kier alpha value is -2.39. The van der Waals surface area contributed by atoms with Crippen molar-refractivity contribution in [3.63, 3.8) is 0 Å². The van der Waals surface area contributed by atoms with Gasteiger partial charge in [0.25, 0.3) is 5.43 Å². The number of nitrogens with one attached hydrogen (secondary N) is 1. The fourth-order valence-electron chi connectivity index (χ4n) is 2.42. The van der Waals surface area contributed by atoms with Crippen molar-refractivity contribution in [3.05, 3.63) is 79.1 Å². The molecule has 3 aromatic carbocycles. The van der Waals surface area contributed by atoms with Gasteiger partial charge in [-0.2, -0.15) is 0 Å². The van der Waals surface area contributed by atoms with E-state index in [0.717, 1.165) is 16.8 Å². The second-order valence-corrected chi connectivity index (χ2v) is 5.72. The fraction of sp³-hybridized carbons (Fsp3) is 0.111. The highest BCUT2D eigenvalue weighted by Gasteiger charge is 2.22. The summed E-state index contributed by atoms with van der Waals surface area (Å²) < 4.78 is 0. The number of aryl methyl sites for hydroxylation is 1. The first-order valence-electron chi connectivity index (χ1n) is 6.91. The summed E-state index contributed by atoms with van der Waals surface area (Å²) in [7, 11) is 0. The molecule has 0 atom stereocenters. The van der Waals surface area contributed by atoms with Gasteiger partial charge in [-0.1, -0.05) is 35.9 Å². The van der Waals surface area contributed by atoms with Crippen LogP contribution < -0.4 is 16.2 Å². The zero-order valence-corrected chi connectivity index (χ0v) is 13.0. The summed E-state index contributed by atoms with van der Waals surface area (Å²) in [6.07, 6.45) is 0. The molecule has 0 fully saturated rings. The summed E-state index contributed by atoms with van der Waals surface area (Å²) in [5, 5.41) is 3.70. The first kappa shape index (κ1) is 14.5. The van der Waals surface area contributed by atoms with Gasteiger partial charge in [-0.3, -0.25) is 9.59 Å². The summed E-state index contributed by atoms with van der Waals surface area (Å²) in [5.41, 5.74) is 3.53. The second kappa shape index (κ2) is 5.43. The topological polar surface area (TPSA) is 46.2 Å². The largest absolute Gasteiger partial charge is 0.351 e. The van der Waals surface area contributed by atoms with Gasteiger partial charge in [0.1, 0.15) is 5.69 Å². The Morgan fingerprint density at radius 1 is 0.909 bits per heavy atom. The number of hydrogen-bond acceptors (Lipinski definition) is 3. The molecule has 0 amide bonds. The van der Waals surface area contributed by atoms with Crippen molar-refractivity contribution in [2.45, 2.75) is 13.8 Å². The lowest BCUT2D eigenvalue weighted by Gasteiger charge is -2.16. The Morgan fingerprint density at radius 2 is 1.59 bits per heavy atom. The smallest absolute Gasteiger partial charge is 0.250 e. The highest BCUT2D eigenvalue weighted by molar-refractivity contribution is 6.30. The number of rotatable bonds is 3. The van der Waals surface area contributed by atoms with E-state index in [1.807, 2.05) is 32.0 Å². The molecule has 22 heavy (non-hydrogen) atoms. The minimum Gasteiger partial charge on any atom is -0.351 e. The molecule has 0 radical (unpaired) electrons. The van der Waals surface area contributed by atoms with Crippen LogP contribution in [0.1, 0.15) is 11.1 Å². The molecule has 0 unspecified atom stereocenters. The van der Waals surface area contributed by atoms with Gasteiger partial charge in [0.05, 0.1) is 5.56 Å². The van der Waals surface area contributed by atoms with E-state index in [0.29, 0.717) is 21.8 Å². The molecule has 1 N–H and O–H groups in total. The third-order valence-corrected chi connectivity index (χ3v) is 4.16. The predicted molar refractivity (Wildman–Crippen MR) is 91.0 cm³/mol. The van der Waals surface area contributed by atoms with Crippen LogP contribution in [0.25, 0.3) is 11.1 Å². The van der Waals surface area contributed by atoms with Crippen LogP contribution in [-0.2, 0) is 0 Å². The van der Waals surface area contributed by atoms with Crippen LogP contribution in [0.5, 0.6) is 0 Å². The van der Waals surface area contributed by atoms with Crippen molar-refractivity contribution in [1.29, 1.82) is 0 Å². The molecule has 3 rings (SSSR count). The van der Waals surface area contributed by atoms with E-state index >= 15 is 0 Å². The van der Waals surface area contributed by atoms with E-state index in [4.69, 9.17) is 11.6 Å². The van der Waals surface area contributed by atoms with Gasteiger partial charge >= 0.3 is 0 Å². The van der Waals surface area contributed by atoms with Gasteiger partial charge in [0, 0.05) is 10.7 Å². The van der Waals surface area contributed by atoms with Crippen molar-refractivity contribution in [1.82, 2.24) is 0 Å². The normalized spacial score (nSPS) is 10.9. The Morgan fingerprint density at radius 3 is 2.27 bits per heavy atom. The van der Waals surface area contributed by atoms with E-state index in [1.54, 1.807) is 24.3 Å². The van der Waals surface area contributed by atoms with E-state index in [1.165, 1.54) is 0 Å². The Labute approximate surface area is 132 Å². The van der Waals surface area contributed by atoms with E-state index in [2.05, 4.69) is 5.32 Å². The van der Waals surface area contributed by atoms with Gasteiger partial charge in [0.2, 0.25) is 5.43 Å². The van der Waals surface area contributed by atoms with Gasteiger partial charge < -0.3 is 5.32 Å². The molecule has 0 bridgehead atoms. The molecule has 110 valence electrons. The van der Waals surface area contributed by atoms with Gasteiger partial charge in [-0.15, -0.1) is 0 Å². The summed E-state index contributed by atoms with van der Waals surface area (Å²) in [5.74, 6) is 0. The zero-order valence-electron chi connectivity index (χ0n) is 12.2. The highest BCUT2D eigenvalue weighted by atomic mass is 35.5. The maximum absolute atomic E-state index is 11.9. The third-order valence-electron chi connectivity index (χ3n) is 3.91. The number of halogens is 1. The SMILES string of the molecule is Cc1cccc(Nc2c(-c3ccc(Cl)cc3)c(=O)c2=O)c1C. The summed E-state index contributed by atoms with van der Waals surface area (Å²) in [4.78, 5) is 23.8. The average molecular weight is 312 g/mol. The Kier molecular flexibility index (Phi) is 3.59. The zero-order chi connectivity index (χ0) is 15.9. The molecule has 0 aliphatic heterocycles. The van der Waals surface area contributed by atoms with Crippen LogP contribution in [0.2, 0.25) is 5.02 Å². The van der Waals surface area contributed by atoms with Crippen LogP contribution in [-0.4, -0.2) is 0 Å². The minimum absolute atomic E-state index is 0.348. The predicted octanol–water partition coefficient (Wildman–Crippen LogP) is 3.96. The quantitative estimate of drug-likeness (QED) is 0.745. The lowest BCUT2D eigenvalue weighted by Crippen LogP contribution is -2.35. The molecule has 3 aromatic rings. The van der Waals surface area contributed by atoms with Gasteiger partial charge in [0.15, 0.2) is 0 Å². The summed E-state index contributed by atoms with van der Waals surface area (Å²) in [6, 6.07) is 12.7. The van der Waals surface area contributed by atoms with Gasteiger partial charge in [-0.05, 0) is 48.7 Å². The fourth-order valence-corrected chi connectivity index (χ4v) is 2.55. The molecule has 0 saturated carbocycles. The molecule has 0 aliphatic carbocycles. The first-order valence-corrected chi connectivity index (χ1v) is 7.29. The Bertz CT molecular complexity index is 919. The molecule has 0 aliphatic rings. The number of hydrogen-bond donors (Lipinski definition) is 1. The molecular weight excluding hydrogens is 298 g/mol. The van der Waals surface area contributed by atoms with E-state index < -0.39 is 10.9 Å². The Balaban J connectivity index is 2.04. The van der Waals surface area contributed by atoms with Crippen molar-refractivity contribution >= 4 is 23.0 Å². The average Bonchev–Trinajstić information content (AvgIpc) is 2.52. The van der Waals surface area contributed by atoms with Crippen molar-refractivity contribution in [2.24, 2.45) is 0 Å². The molecular formula is C18H14ClNO2. The molecule has 0 heterocycles. The van der Waals surface area contributed by atoms with Crippen LogP contribution in [0, 0.1) is 13.8 Å². The minimum atomic E-state index is -0.481. The highest BCUT2D eigenvalue weighted by Crippen LogP contribution is 2.29. The monoisotopic (exact) mass is 311 g/mol. The molecule has 0 spiro atoms. The van der Waals surface area contributed by atoms with Crippen molar-refractivity contribution in [2.75, 3.05) is 5.32 Å². The van der Waals surface area contributed by atoms with Gasteiger partial charge in [-0.25, -0.2) is 0 Å². The molecule has 0 aromatic heterocycles. The van der Waals surface area contributed by atoms with Crippen LogP contribution >= 0.6 is 11.6 Å². The second-order valence-electron chi connectivity index (χ2n) is 5.29. The standard InChI is InChI=1S/C18H14ClNO2/c1-10-4-3-5-14(11(10)2)20-16-15(17(21)18(16)22)12-6-8-13(19)9-7-12/h3-9,20H,1-2H3. The number of benzene rings is 2. The van der Waals surface area contributed by atoms with Crippen molar-refractivity contribution in [3.8, 4) is 11.1 Å². The number of anilines is 2. The molecule has 3 nitrogen and oxygen atoms in total. The molecule has 0 saturated heterocycles.